The van der Waals surface area contributed by atoms with E-state index in [0.717, 1.165) is 55.4 Å². The number of carbonyl (C=O) groups is 2. The van der Waals surface area contributed by atoms with Crippen LogP contribution in [0.4, 0.5) is 5.13 Å². The number of piperidine rings is 1. The van der Waals surface area contributed by atoms with Crippen LogP contribution in [0.3, 0.4) is 0 Å². The fourth-order valence-corrected chi connectivity index (χ4v) is 6.00. The molecule has 1 aromatic carbocycles. The van der Waals surface area contributed by atoms with Gasteiger partial charge in [-0.15, -0.1) is 0 Å². The van der Waals surface area contributed by atoms with Gasteiger partial charge in [-0.3, -0.25) is 4.79 Å². The number of aromatic nitrogens is 2. The largest absolute Gasteiger partial charge is 0.458 e. The van der Waals surface area contributed by atoms with Gasteiger partial charge in [0, 0.05) is 43.7 Å². The maximum atomic E-state index is 11.8. The van der Waals surface area contributed by atoms with Gasteiger partial charge in [0.05, 0.1) is 5.56 Å². The van der Waals surface area contributed by atoms with Crippen molar-refractivity contribution in [3.05, 3.63) is 40.2 Å². The van der Waals surface area contributed by atoms with Crippen LogP contribution < -0.4 is 4.90 Å². The van der Waals surface area contributed by atoms with Gasteiger partial charge in [0.2, 0.25) is 5.13 Å². The van der Waals surface area contributed by atoms with Crippen LogP contribution in [-0.2, 0) is 33.9 Å². The van der Waals surface area contributed by atoms with Crippen molar-refractivity contribution in [2.75, 3.05) is 37.6 Å². The minimum Gasteiger partial charge on any atom is -0.458 e. The summed E-state index contributed by atoms with van der Waals surface area (Å²) in [5.41, 5.74) is 4.69. The van der Waals surface area contributed by atoms with Crippen LogP contribution in [0, 0.1) is 12.3 Å². The normalized spacial score (nSPS) is 19.7. The maximum absolute atomic E-state index is 11.8. The van der Waals surface area contributed by atoms with Crippen molar-refractivity contribution < 1.29 is 19.1 Å². The molecule has 2 saturated heterocycles. The highest BCUT2D eigenvalue weighted by Gasteiger charge is 2.41. The van der Waals surface area contributed by atoms with Gasteiger partial charge < -0.3 is 19.3 Å². The number of ether oxygens (including phenoxy) is 2. The Bertz CT molecular complexity index is 1060. The average Bonchev–Trinajstić information content (AvgIpc) is 3.53. The first-order chi connectivity index (χ1) is 15.9. The smallest absolute Gasteiger partial charge is 0.338 e. The number of anilines is 1. The van der Waals surface area contributed by atoms with E-state index in [1.807, 2.05) is 6.07 Å². The van der Waals surface area contributed by atoms with Crippen molar-refractivity contribution in [3.8, 4) is 0 Å². The third-order valence-corrected chi connectivity index (χ3v) is 8.28. The summed E-state index contributed by atoms with van der Waals surface area (Å²) in [6.07, 6.45) is 4.60. The number of carbonyl (C=O) groups excluding carboxylic acids is 2. The molecule has 0 atom stereocenters. The van der Waals surface area contributed by atoms with Crippen molar-refractivity contribution in [1.29, 1.82) is 0 Å². The second-order valence-electron chi connectivity index (χ2n) is 9.49. The van der Waals surface area contributed by atoms with E-state index in [4.69, 9.17) is 9.47 Å². The number of likely N-dealkylation sites (tertiary alicyclic amines) is 1. The van der Waals surface area contributed by atoms with Gasteiger partial charge in [0.25, 0.3) is 0 Å². The van der Waals surface area contributed by atoms with Crippen LogP contribution in [-0.4, -0.2) is 58.9 Å². The van der Waals surface area contributed by atoms with Gasteiger partial charge in [-0.05, 0) is 68.3 Å². The van der Waals surface area contributed by atoms with Crippen molar-refractivity contribution in [3.63, 3.8) is 0 Å². The maximum Gasteiger partial charge on any atom is 0.338 e. The highest BCUT2D eigenvalue weighted by Crippen LogP contribution is 2.42. The lowest BCUT2D eigenvalue weighted by Crippen LogP contribution is -2.42. The minimum atomic E-state index is -0.311. The molecular weight excluding hydrogens is 440 g/mol. The molecule has 176 valence electrons. The Morgan fingerprint density at radius 1 is 1.24 bits per heavy atom. The second-order valence-corrected chi connectivity index (χ2v) is 10.2. The predicted octanol–water partition coefficient (Wildman–Crippen LogP) is 3.12. The standard InChI is InChI=1S/C24H30N4O4S/c1-16-18(3-4-19-20(16)13-32-22(19)30)5-9-27-10-6-24(7-11-27)8-12-28(15-24)23-25-21(26-33-23)14-31-17(2)29/h3-4H,5-15H2,1-2H3. The Hall–Kier alpha value is -2.52. The summed E-state index contributed by atoms with van der Waals surface area (Å²) >= 11 is 1.40. The molecule has 3 aliphatic rings. The fourth-order valence-electron chi connectivity index (χ4n) is 5.30. The summed E-state index contributed by atoms with van der Waals surface area (Å²) in [5, 5.41) is 0.936. The van der Waals surface area contributed by atoms with Crippen molar-refractivity contribution in [2.45, 2.75) is 52.7 Å². The molecule has 5 rings (SSSR count). The van der Waals surface area contributed by atoms with Crippen LogP contribution in [0.1, 0.15) is 59.1 Å². The number of hydrogen-bond donors (Lipinski definition) is 0. The molecule has 0 N–H and O–H groups in total. The number of benzene rings is 1. The first-order valence-electron chi connectivity index (χ1n) is 11.6. The summed E-state index contributed by atoms with van der Waals surface area (Å²) in [7, 11) is 0. The average molecular weight is 471 g/mol. The number of rotatable bonds is 6. The van der Waals surface area contributed by atoms with E-state index in [2.05, 4.69) is 32.1 Å². The molecule has 0 bridgehead atoms. The molecule has 0 radical (unpaired) electrons. The first kappa shape index (κ1) is 22.3. The zero-order valence-corrected chi connectivity index (χ0v) is 20.1. The Balaban J connectivity index is 1.12. The number of esters is 2. The minimum absolute atomic E-state index is 0.146. The zero-order chi connectivity index (χ0) is 23.0. The van der Waals surface area contributed by atoms with E-state index < -0.39 is 0 Å². The molecule has 0 aliphatic carbocycles. The van der Waals surface area contributed by atoms with Gasteiger partial charge >= 0.3 is 11.9 Å². The quantitative estimate of drug-likeness (QED) is 0.596. The Kier molecular flexibility index (Phi) is 6.09. The van der Waals surface area contributed by atoms with E-state index >= 15 is 0 Å². The Morgan fingerprint density at radius 2 is 2.03 bits per heavy atom. The summed E-state index contributed by atoms with van der Waals surface area (Å²) < 4.78 is 14.5. The second kappa shape index (κ2) is 9.02. The third-order valence-electron chi connectivity index (χ3n) is 7.46. The van der Waals surface area contributed by atoms with Gasteiger partial charge in [0.15, 0.2) is 12.4 Å². The molecule has 0 amide bonds. The van der Waals surface area contributed by atoms with Gasteiger partial charge in [0.1, 0.15) is 6.61 Å². The van der Waals surface area contributed by atoms with Crippen LogP contribution in [0.5, 0.6) is 0 Å². The lowest BCUT2D eigenvalue weighted by atomic mass is 9.77. The van der Waals surface area contributed by atoms with Crippen molar-refractivity contribution in [1.82, 2.24) is 14.3 Å². The van der Waals surface area contributed by atoms with Crippen LogP contribution in [0.15, 0.2) is 12.1 Å². The molecule has 0 saturated carbocycles. The van der Waals surface area contributed by atoms with E-state index in [1.54, 1.807) is 0 Å². The van der Waals surface area contributed by atoms with E-state index in [9.17, 15) is 9.59 Å². The van der Waals surface area contributed by atoms with Crippen LogP contribution in [0.2, 0.25) is 0 Å². The molecule has 0 unspecified atom stereocenters. The number of cyclic esters (lactones) is 1. The zero-order valence-electron chi connectivity index (χ0n) is 19.3. The highest BCUT2D eigenvalue weighted by atomic mass is 32.1. The van der Waals surface area contributed by atoms with E-state index in [0.29, 0.717) is 17.8 Å². The lowest BCUT2D eigenvalue weighted by molar-refractivity contribution is -0.142. The van der Waals surface area contributed by atoms with Crippen molar-refractivity contribution >= 4 is 28.6 Å². The molecule has 33 heavy (non-hydrogen) atoms. The molecule has 4 heterocycles. The number of hydrogen-bond acceptors (Lipinski definition) is 9. The summed E-state index contributed by atoms with van der Waals surface area (Å²) in [6.45, 7) is 9.39. The Labute approximate surface area is 198 Å². The predicted molar refractivity (Wildman–Crippen MR) is 124 cm³/mol. The van der Waals surface area contributed by atoms with Gasteiger partial charge in [-0.25, -0.2) is 4.79 Å². The highest BCUT2D eigenvalue weighted by molar-refractivity contribution is 7.09. The number of fused-ring (bicyclic) bond motifs is 1. The van der Waals surface area contributed by atoms with Crippen molar-refractivity contribution in [2.24, 2.45) is 5.41 Å². The number of nitrogens with zero attached hydrogens (tertiary/aromatic N) is 4. The van der Waals surface area contributed by atoms with Gasteiger partial charge in [-0.1, -0.05) is 6.07 Å². The molecule has 3 aliphatic heterocycles. The van der Waals surface area contributed by atoms with Crippen LogP contribution >= 0.6 is 11.5 Å². The molecule has 2 aromatic rings. The Morgan fingerprint density at radius 3 is 2.82 bits per heavy atom. The van der Waals surface area contributed by atoms with Gasteiger partial charge in [-0.2, -0.15) is 9.36 Å². The molecular formula is C24H30N4O4S. The topological polar surface area (TPSA) is 84.9 Å². The molecule has 9 heteroatoms. The fraction of sp³-hybridized carbons (Fsp3) is 0.583. The van der Waals surface area contributed by atoms with E-state index in [-0.39, 0.29) is 18.5 Å². The van der Waals surface area contributed by atoms with Crippen LogP contribution in [0.25, 0.3) is 0 Å². The summed E-state index contributed by atoms with van der Waals surface area (Å²) in [6, 6.07) is 4.02. The molecule has 1 spiro atoms. The third kappa shape index (κ3) is 4.61. The molecule has 1 aromatic heterocycles. The monoisotopic (exact) mass is 470 g/mol. The van der Waals surface area contributed by atoms with E-state index in [1.165, 1.54) is 48.8 Å². The molecule has 2 fully saturated rings. The molecule has 8 nitrogen and oxygen atoms in total. The lowest BCUT2D eigenvalue weighted by Gasteiger charge is -2.39. The summed E-state index contributed by atoms with van der Waals surface area (Å²) in [4.78, 5) is 32.3. The SMILES string of the molecule is CC(=O)OCc1nsc(N2CCC3(CCN(CCc4ccc5c(c4C)COC5=O)CC3)C2)n1. The summed E-state index contributed by atoms with van der Waals surface area (Å²) in [5.74, 6) is 0.0770. The first-order valence-corrected chi connectivity index (χ1v) is 12.4.